The molecule has 2 N–H and O–H groups in total. The van der Waals surface area contributed by atoms with Crippen LogP contribution >= 0.6 is 0 Å². The number of ether oxygens (including phenoxy) is 2. The van der Waals surface area contributed by atoms with Gasteiger partial charge in [-0.15, -0.1) is 0 Å². The molecule has 4 rings (SSSR count). The number of carbonyl (C=O) groups is 3. The molecule has 1 aliphatic carbocycles. The predicted octanol–water partition coefficient (Wildman–Crippen LogP) is 3.25. The second-order valence-electron chi connectivity index (χ2n) is 9.75. The molecule has 1 heterocycles. The van der Waals surface area contributed by atoms with Crippen LogP contribution in [0.4, 0.5) is 4.79 Å². The molecule has 0 radical (unpaired) electrons. The molecule has 8 nitrogen and oxygen atoms in total. The molecule has 2 aromatic carbocycles. The van der Waals surface area contributed by atoms with E-state index in [1.54, 1.807) is 0 Å². The lowest BCUT2D eigenvalue weighted by atomic mass is 9.85. The highest BCUT2D eigenvalue weighted by Gasteiger charge is 2.39. The first-order valence-electron chi connectivity index (χ1n) is 11.4. The molecule has 0 saturated carbocycles. The summed E-state index contributed by atoms with van der Waals surface area (Å²) in [6.07, 6.45) is -1.76. The molecule has 0 spiro atoms. The lowest BCUT2D eigenvalue weighted by molar-refractivity contribution is -0.160. The van der Waals surface area contributed by atoms with Gasteiger partial charge in [0.15, 0.2) is 6.10 Å². The Bertz CT molecular complexity index is 1050. The van der Waals surface area contributed by atoms with Crippen molar-refractivity contribution in [1.82, 2.24) is 10.2 Å². The van der Waals surface area contributed by atoms with Crippen LogP contribution in [0.3, 0.4) is 0 Å². The number of nitrogens with zero attached hydrogens (tertiary/aromatic N) is 1. The van der Waals surface area contributed by atoms with Crippen molar-refractivity contribution in [2.24, 2.45) is 5.41 Å². The van der Waals surface area contributed by atoms with Crippen LogP contribution in [0.5, 0.6) is 0 Å². The summed E-state index contributed by atoms with van der Waals surface area (Å²) in [5, 5.41) is 12.0. The van der Waals surface area contributed by atoms with E-state index in [-0.39, 0.29) is 38.1 Å². The highest BCUT2D eigenvalue weighted by Crippen LogP contribution is 2.44. The topological polar surface area (TPSA) is 105 Å². The number of carboxylic acids is 1. The summed E-state index contributed by atoms with van der Waals surface area (Å²) in [6.45, 7) is 6.00. The fraction of sp³-hybridized carbons (Fsp3) is 0.423. The average molecular weight is 467 g/mol. The summed E-state index contributed by atoms with van der Waals surface area (Å²) in [6, 6.07) is 15.3. The lowest BCUT2D eigenvalue weighted by Crippen LogP contribution is -2.58. The van der Waals surface area contributed by atoms with Gasteiger partial charge in [0, 0.05) is 12.5 Å². The predicted molar refractivity (Wildman–Crippen MR) is 125 cm³/mol. The van der Waals surface area contributed by atoms with Crippen LogP contribution in [0.25, 0.3) is 11.1 Å². The molecular formula is C26H30N2O6. The Morgan fingerprint density at radius 2 is 1.68 bits per heavy atom. The van der Waals surface area contributed by atoms with Gasteiger partial charge in [0.2, 0.25) is 5.91 Å². The molecular weight excluding hydrogens is 436 g/mol. The maximum atomic E-state index is 13.2. The van der Waals surface area contributed by atoms with Gasteiger partial charge in [-0.25, -0.2) is 9.59 Å². The van der Waals surface area contributed by atoms with Gasteiger partial charge in [-0.05, 0) is 27.7 Å². The van der Waals surface area contributed by atoms with E-state index in [2.05, 4.69) is 17.4 Å². The highest BCUT2D eigenvalue weighted by atomic mass is 16.5. The third-order valence-electron chi connectivity index (χ3n) is 6.37. The van der Waals surface area contributed by atoms with E-state index in [1.807, 2.05) is 57.2 Å². The smallest absolute Gasteiger partial charge is 0.407 e. The van der Waals surface area contributed by atoms with Gasteiger partial charge in [-0.3, -0.25) is 4.79 Å². The zero-order valence-corrected chi connectivity index (χ0v) is 19.6. The number of aliphatic carboxylic acids is 1. The van der Waals surface area contributed by atoms with Crippen LogP contribution in [0, 0.1) is 5.41 Å². The number of carboxylic acid groups (broad SMARTS) is 1. The molecule has 2 atom stereocenters. The van der Waals surface area contributed by atoms with Gasteiger partial charge in [-0.1, -0.05) is 69.3 Å². The van der Waals surface area contributed by atoms with Crippen molar-refractivity contribution in [3.63, 3.8) is 0 Å². The molecule has 8 heteroatoms. The largest absolute Gasteiger partial charge is 0.479 e. The molecule has 2 aliphatic rings. The number of fused-ring (bicyclic) bond motifs is 3. The Labute approximate surface area is 198 Å². The lowest BCUT2D eigenvalue weighted by Gasteiger charge is -2.37. The van der Waals surface area contributed by atoms with E-state index in [0.717, 1.165) is 22.3 Å². The molecule has 34 heavy (non-hydrogen) atoms. The number of alkyl carbamates (subject to hydrolysis) is 1. The van der Waals surface area contributed by atoms with Gasteiger partial charge < -0.3 is 24.8 Å². The molecule has 1 saturated heterocycles. The number of hydrogen-bond donors (Lipinski definition) is 2. The van der Waals surface area contributed by atoms with E-state index >= 15 is 0 Å². The van der Waals surface area contributed by atoms with Crippen molar-refractivity contribution in [3.05, 3.63) is 59.7 Å². The van der Waals surface area contributed by atoms with Crippen LogP contribution in [0.1, 0.15) is 37.8 Å². The van der Waals surface area contributed by atoms with E-state index < -0.39 is 29.6 Å². The second kappa shape index (κ2) is 9.46. The minimum atomic E-state index is -1.12. The standard InChI is InChI=1S/C26H30N2O6/c1-26(2,3)22(23(29)28-12-13-33-21(14-28)24(30)31)27-25(32)34-15-20-18-10-6-4-8-16(18)17-9-5-7-11-19(17)20/h4-11,20-22H,12-15H2,1-3H3,(H,27,32)(H,30,31). The van der Waals surface area contributed by atoms with Crippen molar-refractivity contribution in [2.75, 3.05) is 26.3 Å². The number of carbonyl (C=O) groups excluding carboxylic acids is 2. The molecule has 1 fully saturated rings. The van der Waals surface area contributed by atoms with Gasteiger partial charge >= 0.3 is 12.1 Å². The number of hydrogen-bond acceptors (Lipinski definition) is 5. The number of amides is 2. The molecule has 1 aliphatic heterocycles. The maximum Gasteiger partial charge on any atom is 0.407 e. The van der Waals surface area contributed by atoms with E-state index in [1.165, 1.54) is 4.90 Å². The summed E-state index contributed by atoms with van der Waals surface area (Å²) in [5.74, 6) is -1.55. The third kappa shape index (κ3) is 4.77. The fourth-order valence-corrected chi connectivity index (χ4v) is 4.59. The number of nitrogens with one attached hydrogen (secondary N) is 1. The highest BCUT2D eigenvalue weighted by molar-refractivity contribution is 5.87. The van der Waals surface area contributed by atoms with E-state index in [9.17, 15) is 19.5 Å². The summed E-state index contributed by atoms with van der Waals surface area (Å²) >= 11 is 0. The van der Waals surface area contributed by atoms with Crippen LogP contribution in [-0.2, 0) is 19.1 Å². The van der Waals surface area contributed by atoms with Gasteiger partial charge in [0.05, 0.1) is 13.2 Å². The van der Waals surface area contributed by atoms with E-state index in [0.29, 0.717) is 0 Å². The zero-order chi connectivity index (χ0) is 24.5. The number of morpholine rings is 1. The Hall–Kier alpha value is -3.39. The molecule has 2 amide bonds. The molecule has 2 unspecified atom stereocenters. The zero-order valence-electron chi connectivity index (χ0n) is 19.6. The normalized spacial score (nSPS) is 18.6. The molecule has 0 bridgehead atoms. The fourth-order valence-electron chi connectivity index (χ4n) is 4.59. The molecule has 2 aromatic rings. The monoisotopic (exact) mass is 466 g/mol. The van der Waals surface area contributed by atoms with E-state index in [4.69, 9.17) is 9.47 Å². The van der Waals surface area contributed by atoms with Gasteiger partial charge in [0.1, 0.15) is 12.6 Å². The second-order valence-corrected chi connectivity index (χ2v) is 9.75. The Balaban J connectivity index is 1.44. The minimum absolute atomic E-state index is 0.0624. The Morgan fingerprint density at radius 1 is 1.09 bits per heavy atom. The van der Waals surface area contributed by atoms with Crippen molar-refractivity contribution in [1.29, 1.82) is 0 Å². The molecule has 0 aromatic heterocycles. The van der Waals surface area contributed by atoms with Crippen LogP contribution in [0.15, 0.2) is 48.5 Å². The summed E-state index contributed by atoms with van der Waals surface area (Å²) < 4.78 is 10.8. The Kier molecular flexibility index (Phi) is 6.61. The van der Waals surface area contributed by atoms with Gasteiger partial charge in [-0.2, -0.15) is 0 Å². The maximum absolute atomic E-state index is 13.2. The first kappa shape index (κ1) is 23.8. The van der Waals surface area contributed by atoms with Crippen LogP contribution < -0.4 is 5.32 Å². The van der Waals surface area contributed by atoms with Crippen molar-refractivity contribution >= 4 is 18.0 Å². The van der Waals surface area contributed by atoms with Crippen molar-refractivity contribution in [2.45, 2.75) is 38.8 Å². The quantitative estimate of drug-likeness (QED) is 0.701. The summed E-state index contributed by atoms with van der Waals surface area (Å²) in [7, 11) is 0. The van der Waals surface area contributed by atoms with Crippen LogP contribution in [0.2, 0.25) is 0 Å². The van der Waals surface area contributed by atoms with Crippen molar-refractivity contribution in [3.8, 4) is 11.1 Å². The molecule has 180 valence electrons. The first-order valence-corrected chi connectivity index (χ1v) is 11.4. The first-order chi connectivity index (χ1) is 16.2. The average Bonchev–Trinajstić information content (AvgIpc) is 3.14. The minimum Gasteiger partial charge on any atom is -0.479 e. The summed E-state index contributed by atoms with van der Waals surface area (Å²) in [4.78, 5) is 38.8. The summed E-state index contributed by atoms with van der Waals surface area (Å²) in [5.41, 5.74) is 3.87. The number of benzene rings is 2. The van der Waals surface area contributed by atoms with Crippen molar-refractivity contribution < 1.29 is 29.0 Å². The van der Waals surface area contributed by atoms with Gasteiger partial charge in [0.25, 0.3) is 0 Å². The SMILES string of the molecule is CC(C)(C)C(NC(=O)OCC1c2ccccc2-c2ccccc21)C(=O)N1CCOC(C(=O)O)C1. The van der Waals surface area contributed by atoms with Crippen LogP contribution in [-0.4, -0.2) is 66.4 Å². The number of rotatable bonds is 5. The Morgan fingerprint density at radius 3 is 2.24 bits per heavy atom. The third-order valence-corrected chi connectivity index (χ3v) is 6.37.